The fraction of sp³-hybridized carbons (Fsp3) is 0.552. The standard InChI is InChI=1S/C29H45N3O/c1-21(2)31(22(3)4)19-27(20-32(23(5)6)24(7)8)30-29(33)28(25-15-11-9-12-16-25)26-17-13-10-14-18-26/h9-18,21-24,27-28H,19-20H2,1-8H3,(H,30,33). The summed E-state index contributed by atoms with van der Waals surface area (Å²) in [6.45, 7) is 19.5. The van der Waals surface area contributed by atoms with Gasteiger partial charge in [-0.2, -0.15) is 0 Å². The molecule has 4 heteroatoms. The Hall–Kier alpha value is -2.17. The van der Waals surface area contributed by atoms with Crippen LogP contribution >= 0.6 is 0 Å². The minimum atomic E-state index is -0.326. The number of hydrogen-bond acceptors (Lipinski definition) is 3. The van der Waals surface area contributed by atoms with Crippen LogP contribution in [0.15, 0.2) is 60.7 Å². The second-order valence-corrected chi connectivity index (χ2v) is 10.2. The van der Waals surface area contributed by atoms with Crippen LogP contribution in [0, 0.1) is 0 Å². The first-order valence-corrected chi connectivity index (χ1v) is 12.5. The average Bonchev–Trinajstić information content (AvgIpc) is 2.76. The molecule has 0 aliphatic carbocycles. The molecule has 0 aliphatic heterocycles. The lowest BCUT2D eigenvalue weighted by Gasteiger charge is -2.39. The fourth-order valence-electron chi connectivity index (χ4n) is 4.76. The largest absolute Gasteiger partial charge is 0.350 e. The van der Waals surface area contributed by atoms with Gasteiger partial charge in [0.1, 0.15) is 0 Å². The van der Waals surface area contributed by atoms with E-state index in [1.54, 1.807) is 0 Å². The van der Waals surface area contributed by atoms with Crippen LogP contribution in [0.25, 0.3) is 0 Å². The van der Waals surface area contributed by atoms with Gasteiger partial charge >= 0.3 is 0 Å². The average molecular weight is 452 g/mol. The number of hydrogen-bond donors (Lipinski definition) is 1. The molecule has 0 heterocycles. The molecule has 1 N–H and O–H groups in total. The van der Waals surface area contributed by atoms with Crippen LogP contribution in [0.4, 0.5) is 0 Å². The van der Waals surface area contributed by atoms with Crippen molar-refractivity contribution in [2.45, 2.75) is 91.5 Å². The molecular weight excluding hydrogens is 406 g/mol. The molecule has 0 saturated carbocycles. The van der Waals surface area contributed by atoms with E-state index in [0.29, 0.717) is 24.2 Å². The van der Waals surface area contributed by atoms with E-state index >= 15 is 0 Å². The Balaban J connectivity index is 2.37. The molecule has 0 radical (unpaired) electrons. The molecule has 0 bridgehead atoms. The SMILES string of the molecule is CC(C)N(CC(CN(C(C)C)C(C)C)NC(=O)C(c1ccccc1)c1ccccc1)C(C)C. The van der Waals surface area contributed by atoms with Crippen molar-refractivity contribution < 1.29 is 4.79 Å². The summed E-state index contributed by atoms with van der Waals surface area (Å²) in [5, 5.41) is 3.47. The zero-order valence-corrected chi connectivity index (χ0v) is 22.0. The third kappa shape index (κ3) is 7.97. The molecule has 1 amide bonds. The van der Waals surface area contributed by atoms with Gasteiger partial charge in [0.25, 0.3) is 0 Å². The van der Waals surface area contributed by atoms with Crippen LogP contribution in [0.3, 0.4) is 0 Å². The smallest absolute Gasteiger partial charge is 0.232 e. The summed E-state index contributed by atoms with van der Waals surface area (Å²) in [7, 11) is 0. The van der Waals surface area contributed by atoms with E-state index in [0.717, 1.165) is 24.2 Å². The number of benzene rings is 2. The van der Waals surface area contributed by atoms with Crippen LogP contribution in [0.1, 0.15) is 72.4 Å². The van der Waals surface area contributed by atoms with E-state index in [9.17, 15) is 4.79 Å². The Labute approximate surface area is 202 Å². The molecule has 2 rings (SSSR count). The van der Waals surface area contributed by atoms with E-state index in [4.69, 9.17) is 0 Å². The number of amides is 1. The van der Waals surface area contributed by atoms with Gasteiger partial charge in [-0.05, 0) is 66.5 Å². The first kappa shape index (κ1) is 27.1. The second kappa shape index (κ2) is 12.9. The van der Waals surface area contributed by atoms with Crippen molar-refractivity contribution in [2.75, 3.05) is 13.1 Å². The lowest BCUT2D eigenvalue weighted by atomic mass is 9.90. The van der Waals surface area contributed by atoms with Crippen molar-refractivity contribution in [3.63, 3.8) is 0 Å². The molecule has 182 valence electrons. The normalized spacial score (nSPS) is 12.4. The van der Waals surface area contributed by atoms with E-state index in [-0.39, 0.29) is 17.9 Å². The number of nitrogens with one attached hydrogen (secondary N) is 1. The zero-order valence-electron chi connectivity index (χ0n) is 22.0. The molecule has 0 aliphatic rings. The summed E-state index contributed by atoms with van der Waals surface area (Å²) in [4.78, 5) is 18.8. The van der Waals surface area contributed by atoms with Gasteiger partial charge in [-0.25, -0.2) is 0 Å². The van der Waals surface area contributed by atoms with Crippen molar-refractivity contribution in [3.8, 4) is 0 Å². The predicted molar refractivity (Wildman–Crippen MR) is 141 cm³/mol. The van der Waals surface area contributed by atoms with Gasteiger partial charge < -0.3 is 5.32 Å². The summed E-state index contributed by atoms with van der Waals surface area (Å²) < 4.78 is 0. The minimum Gasteiger partial charge on any atom is -0.350 e. The van der Waals surface area contributed by atoms with Gasteiger partial charge in [0.15, 0.2) is 0 Å². The molecule has 2 aromatic rings. The molecule has 0 saturated heterocycles. The van der Waals surface area contributed by atoms with Crippen LogP contribution in [0.2, 0.25) is 0 Å². The quantitative estimate of drug-likeness (QED) is 0.460. The van der Waals surface area contributed by atoms with E-state index < -0.39 is 0 Å². The van der Waals surface area contributed by atoms with Crippen molar-refractivity contribution in [1.82, 2.24) is 15.1 Å². The van der Waals surface area contributed by atoms with Crippen LogP contribution in [-0.4, -0.2) is 59.0 Å². The third-order valence-electron chi connectivity index (χ3n) is 6.39. The maximum Gasteiger partial charge on any atom is 0.232 e. The molecule has 33 heavy (non-hydrogen) atoms. The topological polar surface area (TPSA) is 35.6 Å². The number of carbonyl (C=O) groups is 1. The Kier molecular flexibility index (Phi) is 10.6. The van der Waals surface area contributed by atoms with Crippen molar-refractivity contribution in [2.24, 2.45) is 0 Å². The number of carbonyl (C=O) groups excluding carboxylic acids is 1. The highest BCUT2D eigenvalue weighted by atomic mass is 16.2. The summed E-state index contributed by atoms with van der Waals surface area (Å²) in [6.07, 6.45) is 0. The van der Waals surface area contributed by atoms with Crippen LogP contribution in [0.5, 0.6) is 0 Å². The summed E-state index contributed by atoms with van der Waals surface area (Å²) in [5.74, 6) is -0.259. The van der Waals surface area contributed by atoms with Crippen LogP contribution < -0.4 is 5.32 Å². The van der Waals surface area contributed by atoms with Gasteiger partial charge in [-0.3, -0.25) is 14.6 Å². The Bertz CT molecular complexity index is 740. The maximum atomic E-state index is 13.8. The first-order chi connectivity index (χ1) is 15.6. The van der Waals surface area contributed by atoms with Gasteiger partial charge in [0, 0.05) is 37.3 Å². The highest BCUT2D eigenvalue weighted by molar-refractivity contribution is 5.87. The summed E-state index contributed by atoms with van der Waals surface area (Å²) in [5.41, 5.74) is 2.04. The molecule has 0 aromatic heterocycles. The summed E-state index contributed by atoms with van der Waals surface area (Å²) >= 11 is 0. The van der Waals surface area contributed by atoms with Crippen molar-refractivity contribution in [3.05, 3.63) is 71.8 Å². The lowest BCUT2D eigenvalue weighted by molar-refractivity contribution is -0.122. The van der Waals surface area contributed by atoms with Gasteiger partial charge in [0.05, 0.1) is 12.0 Å². The first-order valence-electron chi connectivity index (χ1n) is 12.5. The van der Waals surface area contributed by atoms with Gasteiger partial charge in [-0.15, -0.1) is 0 Å². The third-order valence-corrected chi connectivity index (χ3v) is 6.39. The van der Waals surface area contributed by atoms with E-state index in [2.05, 4.69) is 94.8 Å². The molecule has 0 fully saturated rings. The molecule has 0 unspecified atom stereocenters. The maximum absolute atomic E-state index is 13.8. The van der Waals surface area contributed by atoms with E-state index in [1.165, 1.54) is 0 Å². The molecular formula is C29H45N3O. The minimum absolute atomic E-state index is 0.0297. The van der Waals surface area contributed by atoms with Gasteiger partial charge in [0.2, 0.25) is 5.91 Å². The lowest BCUT2D eigenvalue weighted by Crippen LogP contribution is -2.55. The number of nitrogens with zero attached hydrogens (tertiary/aromatic N) is 2. The monoisotopic (exact) mass is 451 g/mol. The van der Waals surface area contributed by atoms with Crippen molar-refractivity contribution in [1.29, 1.82) is 0 Å². The second-order valence-electron chi connectivity index (χ2n) is 10.2. The van der Waals surface area contributed by atoms with E-state index in [1.807, 2.05) is 36.4 Å². The highest BCUT2D eigenvalue weighted by Gasteiger charge is 2.29. The number of rotatable bonds is 12. The zero-order chi connectivity index (χ0) is 24.5. The predicted octanol–water partition coefficient (Wildman–Crippen LogP) is 5.54. The Morgan fingerprint density at radius 2 is 0.970 bits per heavy atom. The highest BCUT2D eigenvalue weighted by Crippen LogP contribution is 2.25. The Morgan fingerprint density at radius 1 is 0.636 bits per heavy atom. The fourth-order valence-corrected chi connectivity index (χ4v) is 4.76. The Morgan fingerprint density at radius 3 is 1.27 bits per heavy atom. The van der Waals surface area contributed by atoms with Gasteiger partial charge in [-0.1, -0.05) is 60.7 Å². The summed E-state index contributed by atoms with van der Waals surface area (Å²) in [6, 6.07) is 21.9. The van der Waals surface area contributed by atoms with Crippen LogP contribution in [-0.2, 0) is 4.79 Å². The molecule has 0 atom stereocenters. The van der Waals surface area contributed by atoms with Crippen molar-refractivity contribution >= 4 is 5.91 Å². The molecule has 2 aromatic carbocycles. The molecule has 0 spiro atoms. The molecule has 4 nitrogen and oxygen atoms in total.